The molecule has 1 aromatic rings. The third-order valence-corrected chi connectivity index (χ3v) is 3.39. The van der Waals surface area contributed by atoms with Gasteiger partial charge in [0, 0.05) is 17.4 Å². The van der Waals surface area contributed by atoms with Crippen LogP contribution in [0.5, 0.6) is 5.06 Å². The summed E-state index contributed by atoms with van der Waals surface area (Å²) in [5.41, 5.74) is 1.16. The van der Waals surface area contributed by atoms with Crippen LogP contribution in [0.2, 0.25) is 0 Å². The van der Waals surface area contributed by atoms with E-state index in [1.54, 1.807) is 11.3 Å². The minimum absolute atomic E-state index is 0.119. The molecule has 0 unspecified atom stereocenters. The second-order valence-corrected chi connectivity index (χ2v) is 5.44. The van der Waals surface area contributed by atoms with E-state index in [-0.39, 0.29) is 11.4 Å². The van der Waals surface area contributed by atoms with Crippen LogP contribution < -0.4 is 4.74 Å². The van der Waals surface area contributed by atoms with Crippen molar-refractivity contribution in [2.24, 2.45) is 0 Å². The predicted octanol–water partition coefficient (Wildman–Crippen LogP) is 3.28. The maximum atomic E-state index is 10.8. The van der Waals surface area contributed by atoms with E-state index in [0.717, 1.165) is 10.6 Å². The van der Waals surface area contributed by atoms with Gasteiger partial charge in [-0.3, -0.25) is 4.79 Å². The van der Waals surface area contributed by atoms with Gasteiger partial charge in [0.1, 0.15) is 0 Å². The zero-order valence-corrected chi connectivity index (χ0v) is 10.1. The molecule has 0 atom stereocenters. The van der Waals surface area contributed by atoms with Gasteiger partial charge in [0.05, 0.1) is 0 Å². The van der Waals surface area contributed by atoms with Crippen LogP contribution in [0, 0.1) is 6.92 Å². The van der Waals surface area contributed by atoms with E-state index in [4.69, 9.17) is 4.74 Å². The largest absolute Gasteiger partial charge is 0.415 e. The third kappa shape index (κ3) is 2.58. The lowest BCUT2D eigenvalue weighted by atomic mass is 9.94. The van der Waals surface area contributed by atoms with Gasteiger partial charge in [-0.05, 0) is 18.4 Å². The monoisotopic (exact) mass is 212 g/mol. The van der Waals surface area contributed by atoms with Crippen LogP contribution in [-0.2, 0) is 10.2 Å². The number of thiophene rings is 1. The molecule has 0 saturated heterocycles. The second kappa shape index (κ2) is 3.73. The van der Waals surface area contributed by atoms with Crippen molar-refractivity contribution in [3.05, 3.63) is 16.5 Å². The lowest BCUT2D eigenvalue weighted by Crippen LogP contribution is -2.07. The normalized spacial score (nSPS) is 11.5. The smallest absolute Gasteiger partial charge is 0.308 e. The molecular formula is C11H16O2S. The molecule has 0 amide bonds. The van der Waals surface area contributed by atoms with Crippen LogP contribution in [0.3, 0.4) is 0 Å². The van der Waals surface area contributed by atoms with E-state index in [0.29, 0.717) is 0 Å². The Morgan fingerprint density at radius 3 is 2.36 bits per heavy atom. The van der Waals surface area contributed by atoms with Crippen LogP contribution in [0.4, 0.5) is 0 Å². The topological polar surface area (TPSA) is 26.3 Å². The maximum Gasteiger partial charge on any atom is 0.308 e. The molecule has 14 heavy (non-hydrogen) atoms. The molecule has 3 heteroatoms. The average molecular weight is 212 g/mol. The van der Waals surface area contributed by atoms with E-state index < -0.39 is 0 Å². The molecule has 78 valence electrons. The Hall–Kier alpha value is -0.830. The minimum Gasteiger partial charge on any atom is -0.415 e. The molecule has 1 heterocycles. The van der Waals surface area contributed by atoms with Crippen molar-refractivity contribution in [1.82, 2.24) is 0 Å². The number of aryl methyl sites for hydroxylation is 1. The van der Waals surface area contributed by atoms with Gasteiger partial charge in [-0.25, -0.2) is 0 Å². The lowest BCUT2D eigenvalue weighted by Gasteiger charge is -2.14. The fourth-order valence-electron chi connectivity index (χ4n) is 1.07. The summed E-state index contributed by atoms with van der Waals surface area (Å²) >= 11 is 1.55. The van der Waals surface area contributed by atoms with E-state index in [1.807, 2.05) is 6.92 Å². The number of esters is 1. The molecule has 0 aromatic carbocycles. The zero-order chi connectivity index (χ0) is 10.9. The molecule has 0 fully saturated rings. The van der Waals surface area contributed by atoms with Crippen LogP contribution in [0.1, 0.15) is 38.1 Å². The Morgan fingerprint density at radius 2 is 2.00 bits per heavy atom. The Kier molecular flexibility index (Phi) is 3.00. The van der Waals surface area contributed by atoms with Crippen molar-refractivity contribution in [2.75, 3.05) is 0 Å². The number of ether oxygens (including phenoxy) is 1. The number of hydrogen-bond acceptors (Lipinski definition) is 3. The fraction of sp³-hybridized carbons (Fsp3) is 0.545. The molecule has 0 aliphatic heterocycles. The Bertz CT molecular complexity index is 345. The molecule has 1 rings (SSSR count). The standard InChI is InChI=1S/C11H16O2S/c1-7-6-9(11(3,4)5)14-10(7)13-8(2)12/h6H,1-5H3. The Balaban J connectivity index is 2.99. The third-order valence-electron chi connectivity index (χ3n) is 1.85. The first-order chi connectivity index (χ1) is 6.30. The van der Waals surface area contributed by atoms with E-state index in [1.165, 1.54) is 11.8 Å². The van der Waals surface area contributed by atoms with Gasteiger partial charge < -0.3 is 4.74 Å². The molecule has 0 N–H and O–H groups in total. The zero-order valence-electron chi connectivity index (χ0n) is 9.30. The van der Waals surface area contributed by atoms with Gasteiger partial charge in [0.15, 0.2) is 5.06 Å². The molecule has 0 aliphatic rings. The van der Waals surface area contributed by atoms with Gasteiger partial charge in [0.2, 0.25) is 0 Å². The molecule has 1 aromatic heterocycles. The van der Waals surface area contributed by atoms with Crippen molar-refractivity contribution in [3.63, 3.8) is 0 Å². The number of carbonyl (C=O) groups is 1. The van der Waals surface area contributed by atoms with Crippen LogP contribution >= 0.6 is 11.3 Å². The highest BCUT2D eigenvalue weighted by molar-refractivity contribution is 7.14. The quantitative estimate of drug-likeness (QED) is 0.668. The predicted molar refractivity (Wildman–Crippen MR) is 59.1 cm³/mol. The summed E-state index contributed by atoms with van der Waals surface area (Å²) in [5.74, 6) is -0.254. The summed E-state index contributed by atoms with van der Waals surface area (Å²) in [5, 5.41) is 0.724. The molecule has 0 saturated carbocycles. The molecule has 2 nitrogen and oxygen atoms in total. The van der Waals surface area contributed by atoms with Gasteiger partial charge in [0.25, 0.3) is 0 Å². The summed E-state index contributed by atoms with van der Waals surface area (Å²) < 4.78 is 5.10. The Morgan fingerprint density at radius 1 is 1.43 bits per heavy atom. The van der Waals surface area contributed by atoms with Gasteiger partial charge in [-0.2, -0.15) is 0 Å². The minimum atomic E-state index is -0.254. The summed E-state index contributed by atoms with van der Waals surface area (Å²) in [6, 6.07) is 2.09. The van der Waals surface area contributed by atoms with E-state index in [9.17, 15) is 4.79 Å². The highest BCUT2D eigenvalue weighted by Gasteiger charge is 2.19. The summed E-state index contributed by atoms with van der Waals surface area (Å²) in [6.45, 7) is 9.83. The molecular weight excluding hydrogens is 196 g/mol. The SMILES string of the molecule is CC(=O)Oc1sc(C(C)(C)C)cc1C. The first-order valence-electron chi connectivity index (χ1n) is 4.60. The van der Waals surface area contributed by atoms with E-state index >= 15 is 0 Å². The highest BCUT2D eigenvalue weighted by Crippen LogP contribution is 2.37. The summed E-state index contributed by atoms with van der Waals surface area (Å²) in [6.07, 6.45) is 0. The lowest BCUT2D eigenvalue weighted by molar-refractivity contribution is -0.131. The number of hydrogen-bond donors (Lipinski definition) is 0. The molecule has 0 bridgehead atoms. The van der Waals surface area contributed by atoms with Crippen molar-refractivity contribution >= 4 is 17.3 Å². The fourth-order valence-corrected chi connectivity index (χ4v) is 2.19. The number of rotatable bonds is 1. The van der Waals surface area contributed by atoms with Crippen molar-refractivity contribution in [1.29, 1.82) is 0 Å². The molecule has 0 aliphatic carbocycles. The van der Waals surface area contributed by atoms with Crippen LogP contribution in [0.25, 0.3) is 0 Å². The molecule has 0 radical (unpaired) electrons. The van der Waals surface area contributed by atoms with Crippen LogP contribution in [-0.4, -0.2) is 5.97 Å². The number of carbonyl (C=O) groups excluding carboxylic acids is 1. The first-order valence-corrected chi connectivity index (χ1v) is 5.41. The summed E-state index contributed by atoms with van der Waals surface area (Å²) in [4.78, 5) is 12.1. The van der Waals surface area contributed by atoms with Crippen molar-refractivity contribution < 1.29 is 9.53 Å². The average Bonchev–Trinajstić information content (AvgIpc) is 2.30. The summed E-state index contributed by atoms with van der Waals surface area (Å²) in [7, 11) is 0. The van der Waals surface area contributed by atoms with Crippen molar-refractivity contribution in [2.45, 2.75) is 40.0 Å². The second-order valence-electron chi connectivity index (χ2n) is 4.42. The van der Waals surface area contributed by atoms with Crippen LogP contribution in [0.15, 0.2) is 6.07 Å². The maximum absolute atomic E-state index is 10.8. The van der Waals surface area contributed by atoms with Gasteiger partial charge in [-0.1, -0.05) is 20.8 Å². The highest BCUT2D eigenvalue weighted by atomic mass is 32.1. The first kappa shape index (κ1) is 11.2. The van der Waals surface area contributed by atoms with Gasteiger partial charge in [-0.15, -0.1) is 11.3 Å². The Labute approximate surface area is 88.9 Å². The van der Waals surface area contributed by atoms with E-state index in [2.05, 4.69) is 26.8 Å². The van der Waals surface area contributed by atoms with Gasteiger partial charge >= 0.3 is 5.97 Å². The van der Waals surface area contributed by atoms with Crippen molar-refractivity contribution in [3.8, 4) is 5.06 Å². The molecule has 0 spiro atoms.